The van der Waals surface area contributed by atoms with Crippen LogP contribution in [0.1, 0.15) is 33.3 Å². The Balaban J connectivity index is 1.25. The fourth-order valence-electron chi connectivity index (χ4n) is 4.58. The molecule has 0 saturated carbocycles. The molecule has 34 heavy (non-hydrogen) atoms. The summed E-state index contributed by atoms with van der Waals surface area (Å²) in [6, 6.07) is 25.3. The number of fused-ring (bicyclic) bond motifs is 3. The summed E-state index contributed by atoms with van der Waals surface area (Å²) in [5.74, 6) is -0.155. The second kappa shape index (κ2) is 9.31. The van der Waals surface area contributed by atoms with Crippen LogP contribution < -0.4 is 5.43 Å². The number of amides is 1. The first-order valence-electron chi connectivity index (χ1n) is 11.1. The summed E-state index contributed by atoms with van der Waals surface area (Å²) in [5.41, 5.74) is 10.7. The van der Waals surface area contributed by atoms with Crippen LogP contribution in [-0.4, -0.2) is 22.4 Å². The fourth-order valence-corrected chi connectivity index (χ4v) is 5.73. The van der Waals surface area contributed by atoms with Gasteiger partial charge in [0.05, 0.1) is 22.9 Å². The predicted octanol–water partition coefficient (Wildman–Crippen LogP) is 6.19. The third-order valence-corrected chi connectivity index (χ3v) is 7.38. The molecule has 0 saturated heterocycles. The van der Waals surface area contributed by atoms with Gasteiger partial charge in [-0.2, -0.15) is 5.10 Å². The number of aryl methyl sites for hydroxylation is 1. The summed E-state index contributed by atoms with van der Waals surface area (Å²) in [6.45, 7) is 3.83. The molecule has 4 aromatic rings. The van der Waals surface area contributed by atoms with E-state index in [1.165, 1.54) is 28.3 Å². The minimum Gasteiger partial charge on any atom is -0.315 e. The van der Waals surface area contributed by atoms with Crippen molar-refractivity contribution in [1.29, 1.82) is 0 Å². The Morgan fingerprint density at radius 2 is 1.62 bits per heavy atom. The van der Waals surface area contributed by atoms with Crippen LogP contribution in [0.2, 0.25) is 0 Å². The molecule has 0 radical (unpaired) electrons. The molecule has 1 amide bonds. The molecule has 6 heteroatoms. The van der Waals surface area contributed by atoms with Crippen molar-refractivity contribution >= 4 is 23.9 Å². The number of aromatic nitrogens is 1. The van der Waals surface area contributed by atoms with Crippen molar-refractivity contribution in [2.75, 3.05) is 5.75 Å². The lowest BCUT2D eigenvalue weighted by Gasteiger charge is -2.12. The van der Waals surface area contributed by atoms with E-state index in [2.05, 4.69) is 34.8 Å². The van der Waals surface area contributed by atoms with Gasteiger partial charge in [0.2, 0.25) is 5.91 Å². The van der Waals surface area contributed by atoms with E-state index in [-0.39, 0.29) is 17.0 Å². The summed E-state index contributed by atoms with van der Waals surface area (Å²) >= 11 is 1.60. The zero-order valence-corrected chi connectivity index (χ0v) is 19.8. The molecule has 1 aliphatic rings. The molecule has 0 aliphatic heterocycles. The van der Waals surface area contributed by atoms with Gasteiger partial charge in [0.15, 0.2) is 0 Å². The Hall–Kier alpha value is -3.64. The Kier molecular flexibility index (Phi) is 6.07. The zero-order chi connectivity index (χ0) is 23.7. The Bertz CT molecular complexity index is 1360. The standard InChI is InChI=1S/C28H24FN3OS/c1-18-15-20(19(2)32(18)26-14-8-7-13-25(26)29)16-30-31-27(33)17-34-28-23-11-5-3-9-21(23)22-10-4-6-12-24(22)28/h3-16,28H,17H2,1-2H3,(H,31,33). The minimum absolute atomic E-state index is 0.127. The molecule has 4 nitrogen and oxygen atoms in total. The highest BCUT2D eigenvalue weighted by Crippen LogP contribution is 2.49. The van der Waals surface area contributed by atoms with E-state index in [0.29, 0.717) is 11.4 Å². The number of carbonyl (C=O) groups is 1. The third-order valence-electron chi connectivity index (χ3n) is 6.11. The van der Waals surface area contributed by atoms with Gasteiger partial charge >= 0.3 is 0 Å². The predicted molar refractivity (Wildman–Crippen MR) is 137 cm³/mol. The van der Waals surface area contributed by atoms with Crippen molar-refractivity contribution in [3.63, 3.8) is 0 Å². The van der Waals surface area contributed by atoms with Crippen molar-refractivity contribution < 1.29 is 9.18 Å². The fraction of sp³-hybridized carbons (Fsp3) is 0.143. The number of nitrogens with one attached hydrogen (secondary N) is 1. The Morgan fingerprint density at radius 1 is 1.00 bits per heavy atom. The molecule has 170 valence electrons. The molecule has 0 fully saturated rings. The van der Waals surface area contributed by atoms with E-state index in [1.807, 2.05) is 54.8 Å². The topological polar surface area (TPSA) is 46.4 Å². The van der Waals surface area contributed by atoms with Crippen molar-refractivity contribution in [2.24, 2.45) is 5.10 Å². The second-order valence-corrected chi connectivity index (χ2v) is 9.37. The maximum atomic E-state index is 14.3. The maximum absolute atomic E-state index is 14.3. The van der Waals surface area contributed by atoms with Crippen LogP contribution in [0.25, 0.3) is 16.8 Å². The van der Waals surface area contributed by atoms with Crippen LogP contribution in [0.4, 0.5) is 4.39 Å². The number of hydrogen-bond acceptors (Lipinski definition) is 3. The number of carbonyl (C=O) groups excluding carboxylic acids is 1. The van der Waals surface area contributed by atoms with E-state index in [4.69, 9.17) is 0 Å². The van der Waals surface area contributed by atoms with Crippen LogP contribution in [-0.2, 0) is 4.79 Å². The summed E-state index contributed by atoms with van der Waals surface area (Å²) < 4.78 is 16.1. The number of benzene rings is 3. The molecular weight excluding hydrogens is 445 g/mol. The average molecular weight is 470 g/mol. The van der Waals surface area contributed by atoms with E-state index in [9.17, 15) is 9.18 Å². The quantitative estimate of drug-likeness (QED) is 0.270. The smallest absolute Gasteiger partial charge is 0.250 e. The van der Waals surface area contributed by atoms with E-state index < -0.39 is 0 Å². The molecule has 1 aromatic heterocycles. The average Bonchev–Trinajstić information content (AvgIpc) is 3.31. The summed E-state index contributed by atoms with van der Waals surface area (Å²) in [7, 11) is 0. The lowest BCUT2D eigenvalue weighted by atomic mass is 10.1. The lowest BCUT2D eigenvalue weighted by Crippen LogP contribution is -2.20. The van der Waals surface area contributed by atoms with Gasteiger partial charge in [0.25, 0.3) is 0 Å². The van der Waals surface area contributed by atoms with Crippen LogP contribution in [0.15, 0.2) is 84.0 Å². The molecule has 3 aromatic carbocycles. The third kappa shape index (κ3) is 4.05. The number of thioether (sulfide) groups is 1. The minimum atomic E-state index is -0.284. The highest BCUT2D eigenvalue weighted by molar-refractivity contribution is 8.00. The molecule has 5 rings (SSSR count). The van der Waals surface area contributed by atoms with E-state index in [1.54, 1.807) is 30.1 Å². The van der Waals surface area contributed by atoms with Crippen LogP contribution in [0.3, 0.4) is 0 Å². The number of para-hydroxylation sites is 1. The SMILES string of the molecule is Cc1cc(C=NNC(=O)CSC2c3ccccc3-c3ccccc32)c(C)n1-c1ccccc1F. The van der Waals surface area contributed by atoms with Gasteiger partial charge in [-0.15, -0.1) is 11.8 Å². The Morgan fingerprint density at radius 3 is 2.29 bits per heavy atom. The first-order valence-corrected chi connectivity index (χ1v) is 12.1. The monoisotopic (exact) mass is 469 g/mol. The van der Waals surface area contributed by atoms with Gasteiger partial charge in [-0.05, 0) is 54.3 Å². The largest absolute Gasteiger partial charge is 0.315 e. The van der Waals surface area contributed by atoms with Gasteiger partial charge in [-0.25, -0.2) is 9.82 Å². The number of hydrogen-bond donors (Lipinski definition) is 1. The van der Waals surface area contributed by atoms with Crippen molar-refractivity contribution in [3.8, 4) is 16.8 Å². The van der Waals surface area contributed by atoms with Crippen molar-refractivity contribution in [2.45, 2.75) is 19.1 Å². The van der Waals surface area contributed by atoms with Crippen molar-refractivity contribution in [1.82, 2.24) is 9.99 Å². The van der Waals surface area contributed by atoms with Crippen molar-refractivity contribution in [3.05, 3.63) is 113 Å². The van der Waals surface area contributed by atoms with Gasteiger partial charge < -0.3 is 4.57 Å². The molecular formula is C28H24FN3OS. The van der Waals surface area contributed by atoms with Gasteiger partial charge in [-0.3, -0.25) is 4.79 Å². The normalized spacial score (nSPS) is 12.7. The van der Waals surface area contributed by atoms with Gasteiger partial charge in [0, 0.05) is 17.0 Å². The molecule has 1 N–H and O–H groups in total. The first kappa shape index (κ1) is 22.2. The molecule has 0 atom stereocenters. The van der Waals surface area contributed by atoms with Gasteiger partial charge in [0.1, 0.15) is 5.82 Å². The van der Waals surface area contributed by atoms with E-state index >= 15 is 0 Å². The molecule has 1 aliphatic carbocycles. The maximum Gasteiger partial charge on any atom is 0.250 e. The summed E-state index contributed by atoms with van der Waals surface area (Å²) in [6.07, 6.45) is 1.61. The lowest BCUT2D eigenvalue weighted by molar-refractivity contribution is -0.118. The first-order chi connectivity index (χ1) is 16.5. The zero-order valence-electron chi connectivity index (χ0n) is 19.0. The van der Waals surface area contributed by atoms with Crippen LogP contribution in [0, 0.1) is 19.7 Å². The number of hydrazone groups is 1. The van der Waals surface area contributed by atoms with Crippen LogP contribution in [0.5, 0.6) is 0 Å². The molecule has 0 bridgehead atoms. The highest BCUT2D eigenvalue weighted by Gasteiger charge is 2.28. The highest BCUT2D eigenvalue weighted by atomic mass is 32.2. The second-order valence-electron chi connectivity index (χ2n) is 8.27. The molecule has 0 unspecified atom stereocenters. The van der Waals surface area contributed by atoms with Gasteiger partial charge in [-0.1, -0.05) is 60.7 Å². The Labute approximate surface area is 202 Å². The number of rotatable bonds is 6. The van der Waals surface area contributed by atoms with Crippen LogP contribution >= 0.6 is 11.8 Å². The number of nitrogens with zero attached hydrogens (tertiary/aromatic N) is 2. The molecule has 1 heterocycles. The number of halogens is 1. The summed E-state index contributed by atoms with van der Waals surface area (Å²) in [5, 5.41) is 4.29. The summed E-state index contributed by atoms with van der Waals surface area (Å²) in [4.78, 5) is 12.5. The van der Waals surface area contributed by atoms with E-state index in [0.717, 1.165) is 17.0 Å². The molecule has 0 spiro atoms.